The van der Waals surface area contributed by atoms with Crippen LogP contribution in [-0.4, -0.2) is 30.9 Å². The minimum atomic E-state index is -0.411. The Bertz CT molecular complexity index is 952. The average Bonchev–Trinajstić information content (AvgIpc) is 3.13. The first-order chi connectivity index (χ1) is 11.9. The van der Waals surface area contributed by atoms with Crippen molar-refractivity contribution in [2.45, 2.75) is 33.4 Å². The van der Waals surface area contributed by atoms with Crippen molar-refractivity contribution in [3.8, 4) is 0 Å². The maximum Gasteiger partial charge on any atom is 0.340 e. The molecule has 3 aromatic rings. The molecular weight excluding hydrogens is 320 g/mol. The molecule has 0 aliphatic carbocycles. The second-order valence-corrected chi connectivity index (χ2v) is 6.04. The third kappa shape index (κ3) is 3.85. The first-order valence-electron chi connectivity index (χ1n) is 7.98. The lowest BCUT2D eigenvalue weighted by Gasteiger charge is -2.12. The van der Waals surface area contributed by atoms with Crippen LogP contribution in [0.1, 0.15) is 46.1 Å². The van der Waals surface area contributed by atoms with E-state index in [4.69, 9.17) is 0 Å². The summed E-state index contributed by atoms with van der Waals surface area (Å²) in [4.78, 5) is 26.1. The van der Waals surface area contributed by atoms with Gasteiger partial charge in [0.15, 0.2) is 5.82 Å². The lowest BCUT2D eigenvalue weighted by atomic mass is 10.1. The van der Waals surface area contributed by atoms with Gasteiger partial charge >= 0.3 is 5.69 Å². The summed E-state index contributed by atoms with van der Waals surface area (Å²) in [6.07, 6.45) is 0. The van der Waals surface area contributed by atoms with Crippen LogP contribution < -0.4 is 11.0 Å². The van der Waals surface area contributed by atoms with Gasteiger partial charge in [-0.05, 0) is 44.5 Å². The molecule has 130 valence electrons. The van der Waals surface area contributed by atoms with Gasteiger partial charge in [-0.15, -0.1) is 0 Å². The summed E-state index contributed by atoms with van der Waals surface area (Å²) in [5.74, 6) is 0.156. The summed E-state index contributed by atoms with van der Waals surface area (Å²) in [7, 11) is 0. The highest BCUT2D eigenvalue weighted by Gasteiger charge is 2.14. The number of aromatic nitrogens is 5. The molecule has 0 aliphatic rings. The summed E-state index contributed by atoms with van der Waals surface area (Å²) in [5, 5.41) is 13.4. The summed E-state index contributed by atoms with van der Waals surface area (Å²) in [6.45, 7) is 6.31. The molecule has 1 aromatic carbocycles. The number of aryl methyl sites for hydroxylation is 2. The number of nitrogens with zero attached hydrogens (tertiary/aromatic N) is 3. The third-order valence-corrected chi connectivity index (χ3v) is 3.90. The molecule has 1 atom stereocenters. The van der Waals surface area contributed by atoms with Crippen LogP contribution in [0.25, 0.3) is 0 Å². The van der Waals surface area contributed by atoms with Crippen LogP contribution in [0, 0.1) is 13.8 Å². The fourth-order valence-corrected chi connectivity index (χ4v) is 2.66. The zero-order valence-corrected chi connectivity index (χ0v) is 14.3. The number of amides is 1. The molecule has 0 radical (unpaired) electrons. The van der Waals surface area contributed by atoms with E-state index in [9.17, 15) is 9.59 Å². The van der Waals surface area contributed by atoms with Crippen molar-refractivity contribution in [1.29, 1.82) is 0 Å². The lowest BCUT2D eigenvalue weighted by Crippen LogP contribution is -2.27. The number of benzene rings is 1. The maximum atomic E-state index is 12.4. The molecule has 0 spiro atoms. The van der Waals surface area contributed by atoms with Crippen molar-refractivity contribution >= 4 is 5.91 Å². The molecule has 3 N–H and O–H groups in total. The average molecular weight is 340 g/mol. The van der Waals surface area contributed by atoms with Gasteiger partial charge in [-0.3, -0.25) is 14.5 Å². The predicted octanol–water partition coefficient (Wildman–Crippen LogP) is 1.45. The van der Waals surface area contributed by atoms with Gasteiger partial charge < -0.3 is 5.32 Å². The van der Waals surface area contributed by atoms with E-state index in [2.05, 4.69) is 25.6 Å². The van der Waals surface area contributed by atoms with Crippen molar-refractivity contribution < 1.29 is 4.79 Å². The molecular formula is C17H20N6O2. The molecule has 1 amide bonds. The van der Waals surface area contributed by atoms with E-state index >= 15 is 0 Å². The largest absolute Gasteiger partial charge is 0.342 e. The van der Waals surface area contributed by atoms with Crippen LogP contribution in [0.4, 0.5) is 0 Å². The van der Waals surface area contributed by atoms with E-state index in [1.54, 1.807) is 13.0 Å². The Balaban J connectivity index is 1.73. The minimum absolute atomic E-state index is 0.230. The van der Waals surface area contributed by atoms with E-state index in [0.717, 1.165) is 17.0 Å². The summed E-state index contributed by atoms with van der Waals surface area (Å²) < 4.78 is 1.91. The van der Waals surface area contributed by atoms with Crippen molar-refractivity contribution in [3.63, 3.8) is 0 Å². The second kappa shape index (κ2) is 6.76. The van der Waals surface area contributed by atoms with Crippen LogP contribution in [0.15, 0.2) is 35.1 Å². The Hall–Kier alpha value is -3.16. The van der Waals surface area contributed by atoms with Crippen molar-refractivity contribution in [2.75, 3.05) is 0 Å². The molecule has 8 nitrogen and oxygen atoms in total. The second-order valence-electron chi connectivity index (χ2n) is 6.04. The van der Waals surface area contributed by atoms with Crippen LogP contribution in [-0.2, 0) is 6.54 Å². The Kier molecular flexibility index (Phi) is 4.51. The van der Waals surface area contributed by atoms with Gasteiger partial charge in [0.25, 0.3) is 5.91 Å². The first-order valence-corrected chi connectivity index (χ1v) is 7.98. The van der Waals surface area contributed by atoms with E-state index in [1.807, 2.05) is 42.8 Å². The number of rotatable bonds is 5. The molecule has 8 heteroatoms. The van der Waals surface area contributed by atoms with Gasteiger partial charge in [-0.2, -0.15) is 10.2 Å². The topological polar surface area (TPSA) is 108 Å². The summed E-state index contributed by atoms with van der Waals surface area (Å²) in [5.41, 5.74) is 3.17. The number of carbonyl (C=O) groups is 1. The van der Waals surface area contributed by atoms with E-state index in [1.165, 1.54) is 0 Å². The van der Waals surface area contributed by atoms with Gasteiger partial charge in [0.1, 0.15) is 0 Å². The summed E-state index contributed by atoms with van der Waals surface area (Å²) >= 11 is 0. The number of carbonyl (C=O) groups excluding carboxylic acids is 1. The van der Waals surface area contributed by atoms with E-state index in [0.29, 0.717) is 17.9 Å². The molecule has 2 heterocycles. The fraction of sp³-hybridized carbons (Fsp3) is 0.294. The van der Waals surface area contributed by atoms with Gasteiger partial charge in [0.05, 0.1) is 18.3 Å². The van der Waals surface area contributed by atoms with Gasteiger partial charge in [0.2, 0.25) is 0 Å². The Labute approximate surface area is 144 Å². The number of aromatic amines is 2. The Morgan fingerprint density at radius 1 is 1.32 bits per heavy atom. The number of hydrogen-bond acceptors (Lipinski definition) is 4. The van der Waals surface area contributed by atoms with Crippen molar-refractivity contribution in [2.24, 2.45) is 0 Å². The van der Waals surface area contributed by atoms with Crippen LogP contribution in [0.3, 0.4) is 0 Å². The zero-order chi connectivity index (χ0) is 18.0. The van der Waals surface area contributed by atoms with E-state index < -0.39 is 11.7 Å². The highest BCUT2D eigenvalue weighted by Crippen LogP contribution is 2.11. The number of hydrogen-bond donors (Lipinski definition) is 3. The standard InChI is InChI=1S/C17H20N6O2/c1-10-7-11(2)23(22-10)9-13-5-4-6-14(8-13)16(24)18-12(3)15-19-17(25)21-20-15/h4-8,12H,9H2,1-3H3,(H,18,24)(H2,19,20,21,25)/t12-/m0/s1. The van der Waals surface area contributed by atoms with Gasteiger partial charge in [-0.25, -0.2) is 9.89 Å². The van der Waals surface area contributed by atoms with Crippen LogP contribution in [0.2, 0.25) is 0 Å². The molecule has 0 saturated carbocycles. The highest BCUT2D eigenvalue weighted by molar-refractivity contribution is 5.94. The molecule has 3 rings (SSSR count). The quantitative estimate of drug-likeness (QED) is 0.653. The molecule has 0 fully saturated rings. The fourth-order valence-electron chi connectivity index (χ4n) is 2.66. The van der Waals surface area contributed by atoms with Crippen LogP contribution >= 0.6 is 0 Å². The molecule has 0 unspecified atom stereocenters. The maximum absolute atomic E-state index is 12.4. The highest BCUT2D eigenvalue weighted by atomic mass is 16.2. The predicted molar refractivity (Wildman–Crippen MR) is 92.3 cm³/mol. The van der Waals surface area contributed by atoms with Gasteiger partial charge in [0, 0.05) is 11.3 Å². The number of H-pyrrole nitrogens is 2. The van der Waals surface area contributed by atoms with Gasteiger partial charge in [-0.1, -0.05) is 12.1 Å². The lowest BCUT2D eigenvalue weighted by molar-refractivity contribution is 0.0938. The molecule has 25 heavy (non-hydrogen) atoms. The Morgan fingerprint density at radius 3 is 2.76 bits per heavy atom. The van der Waals surface area contributed by atoms with Crippen molar-refractivity contribution in [3.05, 3.63) is 69.2 Å². The molecule has 0 bridgehead atoms. The first kappa shape index (κ1) is 16.7. The van der Waals surface area contributed by atoms with Crippen LogP contribution in [0.5, 0.6) is 0 Å². The summed E-state index contributed by atoms with van der Waals surface area (Å²) in [6, 6.07) is 9.00. The van der Waals surface area contributed by atoms with E-state index in [-0.39, 0.29) is 5.91 Å². The number of nitrogens with one attached hydrogen (secondary N) is 3. The molecule has 0 aliphatic heterocycles. The Morgan fingerprint density at radius 2 is 2.12 bits per heavy atom. The molecule has 0 saturated heterocycles. The molecule has 2 aromatic heterocycles. The SMILES string of the molecule is Cc1cc(C)n(Cc2cccc(C(=O)N[C@@H](C)c3n[nH]c(=O)[nH]3)c2)n1. The minimum Gasteiger partial charge on any atom is -0.342 e. The normalized spacial score (nSPS) is 12.1. The smallest absolute Gasteiger partial charge is 0.340 e. The zero-order valence-electron chi connectivity index (χ0n) is 14.3. The van der Waals surface area contributed by atoms with Crippen molar-refractivity contribution in [1.82, 2.24) is 30.3 Å². The third-order valence-electron chi connectivity index (χ3n) is 3.90. The monoisotopic (exact) mass is 340 g/mol.